The van der Waals surface area contributed by atoms with Crippen molar-refractivity contribution < 1.29 is 4.74 Å². The van der Waals surface area contributed by atoms with E-state index in [1.54, 1.807) is 0 Å². The number of ether oxygens (including phenoxy) is 1. The average Bonchev–Trinajstić information content (AvgIpc) is 2.28. The SMILES string of the molecule is CCC1CCNC(CNC2CC(OC)C2)C1. The van der Waals surface area contributed by atoms with Crippen LogP contribution in [0.2, 0.25) is 0 Å². The van der Waals surface area contributed by atoms with E-state index in [4.69, 9.17) is 4.74 Å². The average molecular weight is 226 g/mol. The summed E-state index contributed by atoms with van der Waals surface area (Å²) in [6.07, 6.45) is 6.96. The van der Waals surface area contributed by atoms with Crippen LogP contribution in [0.3, 0.4) is 0 Å². The fraction of sp³-hybridized carbons (Fsp3) is 1.00. The Balaban J connectivity index is 1.59. The normalized spacial score (nSPS) is 39.4. The van der Waals surface area contributed by atoms with Gasteiger partial charge in [-0.25, -0.2) is 0 Å². The van der Waals surface area contributed by atoms with Crippen LogP contribution in [-0.4, -0.2) is 38.4 Å². The van der Waals surface area contributed by atoms with E-state index in [1.807, 2.05) is 7.11 Å². The molecule has 2 atom stereocenters. The van der Waals surface area contributed by atoms with E-state index >= 15 is 0 Å². The Hall–Kier alpha value is -0.120. The number of piperidine rings is 1. The van der Waals surface area contributed by atoms with E-state index in [0.29, 0.717) is 18.2 Å². The van der Waals surface area contributed by atoms with Crippen molar-refractivity contribution >= 4 is 0 Å². The van der Waals surface area contributed by atoms with Crippen LogP contribution in [0, 0.1) is 5.92 Å². The second-order valence-electron chi connectivity index (χ2n) is 5.38. The Morgan fingerprint density at radius 1 is 1.31 bits per heavy atom. The van der Waals surface area contributed by atoms with Gasteiger partial charge in [-0.1, -0.05) is 13.3 Å². The van der Waals surface area contributed by atoms with Gasteiger partial charge in [-0.3, -0.25) is 0 Å². The molecule has 1 saturated heterocycles. The maximum atomic E-state index is 5.29. The summed E-state index contributed by atoms with van der Waals surface area (Å²) in [6.45, 7) is 4.66. The minimum absolute atomic E-state index is 0.514. The van der Waals surface area contributed by atoms with Crippen LogP contribution in [0.5, 0.6) is 0 Å². The highest BCUT2D eigenvalue weighted by atomic mass is 16.5. The van der Waals surface area contributed by atoms with Crippen molar-refractivity contribution in [2.75, 3.05) is 20.2 Å². The first-order valence-electron chi connectivity index (χ1n) is 6.81. The monoisotopic (exact) mass is 226 g/mol. The smallest absolute Gasteiger partial charge is 0.0601 e. The zero-order chi connectivity index (χ0) is 11.4. The van der Waals surface area contributed by atoms with Crippen LogP contribution in [0.4, 0.5) is 0 Å². The van der Waals surface area contributed by atoms with Gasteiger partial charge in [0, 0.05) is 25.7 Å². The first-order valence-corrected chi connectivity index (χ1v) is 6.81. The fourth-order valence-corrected chi connectivity index (χ4v) is 2.86. The molecular formula is C13H26N2O. The molecule has 2 fully saturated rings. The highest BCUT2D eigenvalue weighted by Gasteiger charge is 2.29. The van der Waals surface area contributed by atoms with Crippen molar-refractivity contribution in [3.05, 3.63) is 0 Å². The summed E-state index contributed by atoms with van der Waals surface area (Å²) in [5, 5.41) is 7.27. The highest BCUT2D eigenvalue weighted by molar-refractivity contribution is 4.88. The third kappa shape index (κ3) is 3.19. The summed E-state index contributed by atoms with van der Waals surface area (Å²) in [5.74, 6) is 0.946. The van der Waals surface area contributed by atoms with Gasteiger partial charge in [0.15, 0.2) is 0 Å². The van der Waals surface area contributed by atoms with Gasteiger partial charge in [-0.05, 0) is 38.1 Å². The Morgan fingerprint density at radius 2 is 2.12 bits per heavy atom. The summed E-state index contributed by atoms with van der Waals surface area (Å²) in [7, 11) is 1.81. The van der Waals surface area contributed by atoms with Crippen LogP contribution >= 0.6 is 0 Å². The maximum absolute atomic E-state index is 5.29. The Labute approximate surface area is 99.3 Å². The predicted molar refractivity (Wildman–Crippen MR) is 66.6 cm³/mol. The second kappa shape index (κ2) is 5.99. The first-order chi connectivity index (χ1) is 7.81. The van der Waals surface area contributed by atoms with Gasteiger partial charge in [0.1, 0.15) is 0 Å². The largest absolute Gasteiger partial charge is 0.381 e. The summed E-state index contributed by atoms with van der Waals surface area (Å²) >= 11 is 0. The highest BCUT2D eigenvalue weighted by Crippen LogP contribution is 2.23. The zero-order valence-electron chi connectivity index (χ0n) is 10.7. The lowest BCUT2D eigenvalue weighted by atomic mass is 9.87. The maximum Gasteiger partial charge on any atom is 0.0601 e. The zero-order valence-corrected chi connectivity index (χ0v) is 10.7. The minimum Gasteiger partial charge on any atom is -0.381 e. The quantitative estimate of drug-likeness (QED) is 0.746. The van der Waals surface area contributed by atoms with Crippen LogP contribution in [0.25, 0.3) is 0 Å². The molecule has 2 N–H and O–H groups in total. The lowest BCUT2D eigenvalue weighted by Gasteiger charge is -2.37. The van der Waals surface area contributed by atoms with Crippen LogP contribution in [-0.2, 0) is 4.74 Å². The molecule has 1 heterocycles. The van der Waals surface area contributed by atoms with Crippen LogP contribution < -0.4 is 10.6 Å². The van der Waals surface area contributed by atoms with E-state index in [0.717, 1.165) is 12.5 Å². The molecule has 16 heavy (non-hydrogen) atoms. The molecule has 2 rings (SSSR count). The van der Waals surface area contributed by atoms with Gasteiger partial charge in [0.2, 0.25) is 0 Å². The van der Waals surface area contributed by atoms with E-state index in [9.17, 15) is 0 Å². The van der Waals surface area contributed by atoms with Crippen LogP contribution in [0.1, 0.15) is 39.0 Å². The third-order valence-electron chi connectivity index (χ3n) is 4.26. The third-order valence-corrected chi connectivity index (χ3v) is 4.26. The van der Waals surface area contributed by atoms with Gasteiger partial charge in [0.05, 0.1) is 6.10 Å². The van der Waals surface area contributed by atoms with Gasteiger partial charge >= 0.3 is 0 Å². The Kier molecular flexibility index (Phi) is 4.62. The predicted octanol–water partition coefficient (Wildman–Crippen LogP) is 1.53. The number of rotatable bonds is 5. The van der Waals surface area contributed by atoms with E-state index in [1.165, 1.54) is 38.6 Å². The standard InChI is InChI=1S/C13H26N2O/c1-3-10-4-5-14-12(6-10)9-15-11-7-13(8-11)16-2/h10-15H,3-9H2,1-2H3. The van der Waals surface area contributed by atoms with Gasteiger partial charge in [-0.2, -0.15) is 0 Å². The molecule has 1 aliphatic carbocycles. The molecule has 0 amide bonds. The molecule has 0 aromatic carbocycles. The molecule has 1 saturated carbocycles. The molecule has 94 valence electrons. The molecule has 2 aliphatic rings. The fourth-order valence-electron chi connectivity index (χ4n) is 2.86. The molecule has 2 unspecified atom stereocenters. The lowest BCUT2D eigenvalue weighted by molar-refractivity contribution is 0.0165. The van der Waals surface area contributed by atoms with E-state index in [2.05, 4.69) is 17.6 Å². The number of hydrogen-bond donors (Lipinski definition) is 2. The lowest BCUT2D eigenvalue weighted by Crippen LogP contribution is -2.51. The van der Waals surface area contributed by atoms with Crippen molar-refractivity contribution in [3.63, 3.8) is 0 Å². The van der Waals surface area contributed by atoms with Gasteiger partial charge < -0.3 is 15.4 Å². The topological polar surface area (TPSA) is 33.3 Å². The summed E-state index contributed by atoms with van der Waals surface area (Å²) in [4.78, 5) is 0. The molecule has 3 nitrogen and oxygen atoms in total. The van der Waals surface area contributed by atoms with Crippen molar-refractivity contribution in [3.8, 4) is 0 Å². The van der Waals surface area contributed by atoms with E-state index < -0.39 is 0 Å². The van der Waals surface area contributed by atoms with Crippen molar-refractivity contribution in [2.45, 2.75) is 57.2 Å². The molecule has 0 bridgehead atoms. The Morgan fingerprint density at radius 3 is 2.81 bits per heavy atom. The number of nitrogens with one attached hydrogen (secondary N) is 2. The molecule has 0 spiro atoms. The van der Waals surface area contributed by atoms with Crippen molar-refractivity contribution in [1.29, 1.82) is 0 Å². The summed E-state index contributed by atoms with van der Waals surface area (Å²) in [6, 6.07) is 1.40. The number of methoxy groups -OCH3 is 1. The first kappa shape index (κ1) is 12.3. The molecular weight excluding hydrogens is 200 g/mol. The molecule has 3 heteroatoms. The number of hydrogen-bond acceptors (Lipinski definition) is 3. The van der Waals surface area contributed by atoms with Gasteiger partial charge in [0.25, 0.3) is 0 Å². The second-order valence-corrected chi connectivity index (χ2v) is 5.38. The molecule has 0 aromatic rings. The molecule has 0 aromatic heterocycles. The molecule has 0 radical (unpaired) electrons. The van der Waals surface area contributed by atoms with Gasteiger partial charge in [-0.15, -0.1) is 0 Å². The molecule has 1 aliphatic heterocycles. The van der Waals surface area contributed by atoms with Crippen LogP contribution in [0.15, 0.2) is 0 Å². The summed E-state index contributed by atoms with van der Waals surface area (Å²) in [5.41, 5.74) is 0. The van der Waals surface area contributed by atoms with E-state index in [-0.39, 0.29) is 0 Å². The summed E-state index contributed by atoms with van der Waals surface area (Å²) < 4.78 is 5.29. The van der Waals surface area contributed by atoms with Crippen molar-refractivity contribution in [1.82, 2.24) is 10.6 Å². The van der Waals surface area contributed by atoms with Crippen molar-refractivity contribution in [2.24, 2.45) is 5.92 Å². The Bertz CT molecular complexity index is 204. The minimum atomic E-state index is 0.514.